The first-order valence-electron chi connectivity index (χ1n) is 12.3. The Morgan fingerprint density at radius 2 is 1.55 bits per heavy atom. The number of ether oxygens (including phenoxy) is 1. The minimum atomic E-state index is -3.74. The molecule has 3 rings (SSSR count). The average molecular weight is 541 g/mol. The topological polar surface area (TPSA) is 123 Å². The molecule has 202 valence electrons. The van der Waals surface area contributed by atoms with Gasteiger partial charge < -0.3 is 25.0 Å². The van der Waals surface area contributed by atoms with Crippen molar-refractivity contribution in [2.45, 2.75) is 33.8 Å². The molecule has 0 radical (unpaired) electrons. The zero-order chi connectivity index (χ0) is 27.7. The van der Waals surface area contributed by atoms with Gasteiger partial charge in [0.15, 0.2) is 6.10 Å². The zero-order valence-electron chi connectivity index (χ0n) is 21.9. The monoisotopic (exact) mass is 540 g/mol. The smallest absolute Gasteiger partial charge is 0.381 e. The number of hydrogen-bond acceptors (Lipinski definition) is 8. The molecule has 0 bridgehead atoms. The van der Waals surface area contributed by atoms with Crippen LogP contribution >= 0.6 is 7.60 Å². The molecule has 0 aliphatic carbocycles. The van der Waals surface area contributed by atoms with E-state index in [0.717, 1.165) is 22.5 Å². The van der Waals surface area contributed by atoms with Crippen molar-refractivity contribution in [3.05, 3.63) is 83.4 Å². The molecule has 3 aromatic carbocycles. The van der Waals surface area contributed by atoms with Crippen LogP contribution in [-0.2, 0) is 18.6 Å². The number of carboxylic acid groups (broad SMARTS) is 1. The van der Waals surface area contributed by atoms with E-state index >= 15 is 0 Å². The molecule has 3 aromatic rings. The van der Waals surface area contributed by atoms with Gasteiger partial charge in [-0.1, -0.05) is 30.3 Å². The number of rotatable bonds is 13. The number of carbonyl (C=O) groups excluding carboxylic acids is 1. The van der Waals surface area contributed by atoms with Crippen LogP contribution in [0.3, 0.4) is 0 Å². The second kappa shape index (κ2) is 13.1. The third kappa shape index (κ3) is 7.60. The standard InChI is InChI=1S/C28H33N2O7P/c1-5-35-28(33)21(4)36-38(34,37-22-11-7-6-8-12-22)18-17-29-24-15-16-25(20(3)19(24)2)30-26-14-10-9-13-23(26)27(31)32/h6-16,21,29-30H,5,17-18H2,1-4H3,(H,31,32)/t21-,38?/m0/s1. The van der Waals surface area contributed by atoms with Crippen molar-refractivity contribution in [1.29, 1.82) is 0 Å². The van der Waals surface area contributed by atoms with E-state index in [1.54, 1.807) is 55.5 Å². The fourth-order valence-corrected chi connectivity index (χ4v) is 5.34. The van der Waals surface area contributed by atoms with Crippen LogP contribution in [0.15, 0.2) is 66.7 Å². The van der Waals surface area contributed by atoms with Crippen molar-refractivity contribution in [1.82, 2.24) is 0 Å². The average Bonchev–Trinajstić information content (AvgIpc) is 2.89. The van der Waals surface area contributed by atoms with Crippen molar-refractivity contribution in [2.75, 3.05) is 29.9 Å². The lowest BCUT2D eigenvalue weighted by atomic mass is 10.0. The molecule has 0 aliphatic heterocycles. The number of para-hydroxylation sites is 2. The van der Waals surface area contributed by atoms with Crippen molar-refractivity contribution < 1.29 is 33.0 Å². The summed E-state index contributed by atoms with van der Waals surface area (Å²) in [4.78, 5) is 23.6. The lowest BCUT2D eigenvalue weighted by Crippen LogP contribution is -2.25. The maximum Gasteiger partial charge on any atom is 0.381 e. The Hall–Kier alpha value is -3.81. The van der Waals surface area contributed by atoms with Gasteiger partial charge >= 0.3 is 19.5 Å². The molecule has 0 amide bonds. The number of nitrogens with one attached hydrogen (secondary N) is 2. The fraction of sp³-hybridized carbons (Fsp3) is 0.286. The molecular weight excluding hydrogens is 507 g/mol. The van der Waals surface area contributed by atoms with Crippen molar-refractivity contribution in [2.24, 2.45) is 0 Å². The third-order valence-corrected chi connectivity index (χ3v) is 7.74. The van der Waals surface area contributed by atoms with Gasteiger partial charge in [0.2, 0.25) is 0 Å². The minimum absolute atomic E-state index is 0.00385. The first-order chi connectivity index (χ1) is 18.1. The van der Waals surface area contributed by atoms with E-state index in [9.17, 15) is 19.3 Å². The molecule has 0 heterocycles. The minimum Gasteiger partial charge on any atom is -0.478 e. The normalized spacial score (nSPS) is 13.2. The first kappa shape index (κ1) is 28.8. The van der Waals surface area contributed by atoms with E-state index in [4.69, 9.17) is 13.8 Å². The Balaban J connectivity index is 1.73. The number of anilines is 3. The van der Waals surface area contributed by atoms with E-state index in [1.165, 1.54) is 6.92 Å². The summed E-state index contributed by atoms with van der Waals surface area (Å²) in [6.07, 6.45) is -1.07. The van der Waals surface area contributed by atoms with Crippen LogP contribution in [0.4, 0.5) is 17.1 Å². The van der Waals surface area contributed by atoms with Gasteiger partial charge in [-0.25, -0.2) is 14.2 Å². The van der Waals surface area contributed by atoms with Crippen LogP contribution in [0.2, 0.25) is 0 Å². The summed E-state index contributed by atoms with van der Waals surface area (Å²) in [5.74, 6) is -1.25. The fourth-order valence-electron chi connectivity index (χ4n) is 3.70. The van der Waals surface area contributed by atoms with Gasteiger partial charge in [-0.3, -0.25) is 4.52 Å². The van der Waals surface area contributed by atoms with Crippen LogP contribution < -0.4 is 15.2 Å². The SMILES string of the molecule is CCOC(=O)[C@H](C)OP(=O)(CCNc1ccc(Nc2ccccc2C(=O)O)c(C)c1C)Oc1ccccc1. The van der Waals surface area contributed by atoms with Crippen LogP contribution in [0.25, 0.3) is 0 Å². The summed E-state index contributed by atoms with van der Waals surface area (Å²) in [5.41, 5.74) is 4.11. The van der Waals surface area contributed by atoms with Crippen LogP contribution in [0, 0.1) is 13.8 Å². The predicted molar refractivity (Wildman–Crippen MR) is 148 cm³/mol. The van der Waals surface area contributed by atoms with E-state index in [0.29, 0.717) is 11.4 Å². The molecular formula is C28H33N2O7P. The Morgan fingerprint density at radius 3 is 2.24 bits per heavy atom. The summed E-state index contributed by atoms with van der Waals surface area (Å²) >= 11 is 0. The molecule has 2 atom stereocenters. The van der Waals surface area contributed by atoms with E-state index in [-0.39, 0.29) is 24.9 Å². The summed E-state index contributed by atoms with van der Waals surface area (Å²) in [6, 6.07) is 19.1. The lowest BCUT2D eigenvalue weighted by molar-refractivity contribution is -0.150. The van der Waals surface area contributed by atoms with Crippen LogP contribution in [0.1, 0.15) is 35.3 Å². The molecule has 9 nitrogen and oxygen atoms in total. The quantitative estimate of drug-likeness (QED) is 0.167. The Bertz CT molecular complexity index is 1310. The highest BCUT2D eigenvalue weighted by Gasteiger charge is 2.32. The first-order valence-corrected chi connectivity index (χ1v) is 14.0. The molecule has 3 N–H and O–H groups in total. The van der Waals surface area contributed by atoms with Gasteiger partial charge in [0, 0.05) is 17.9 Å². The number of benzene rings is 3. The summed E-state index contributed by atoms with van der Waals surface area (Å²) < 4.78 is 30.0. The maximum atomic E-state index is 13.6. The number of aromatic carboxylic acids is 1. The molecule has 38 heavy (non-hydrogen) atoms. The van der Waals surface area contributed by atoms with Gasteiger partial charge in [-0.2, -0.15) is 0 Å². The maximum absolute atomic E-state index is 13.6. The van der Waals surface area contributed by atoms with Crippen molar-refractivity contribution in [3.8, 4) is 5.75 Å². The number of carboxylic acids is 1. The highest BCUT2D eigenvalue weighted by atomic mass is 31.2. The summed E-state index contributed by atoms with van der Waals surface area (Å²) in [6.45, 7) is 7.46. The van der Waals surface area contributed by atoms with Crippen LogP contribution in [-0.4, -0.2) is 42.5 Å². The molecule has 0 aromatic heterocycles. The number of esters is 1. The molecule has 0 fully saturated rings. The van der Waals surface area contributed by atoms with E-state index < -0.39 is 25.6 Å². The highest BCUT2D eigenvalue weighted by molar-refractivity contribution is 7.54. The van der Waals surface area contributed by atoms with Crippen LogP contribution in [0.5, 0.6) is 5.75 Å². The third-order valence-electron chi connectivity index (χ3n) is 5.84. The van der Waals surface area contributed by atoms with Crippen molar-refractivity contribution >= 4 is 36.6 Å². The van der Waals surface area contributed by atoms with Gasteiger partial charge in [0.1, 0.15) is 5.75 Å². The Morgan fingerprint density at radius 1 is 0.921 bits per heavy atom. The van der Waals surface area contributed by atoms with E-state index in [1.807, 2.05) is 32.0 Å². The second-order valence-corrected chi connectivity index (χ2v) is 10.6. The van der Waals surface area contributed by atoms with Crippen molar-refractivity contribution in [3.63, 3.8) is 0 Å². The Kier molecular flexibility index (Phi) is 9.93. The second-order valence-electron chi connectivity index (χ2n) is 8.55. The van der Waals surface area contributed by atoms with Gasteiger partial charge in [0.05, 0.1) is 24.0 Å². The van der Waals surface area contributed by atoms with E-state index in [2.05, 4.69) is 10.6 Å². The molecule has 0 saturated carbocycles. The molecule has 0 spiro atoms. The summed E-state index contributed by atoms with van der Waals surface area (Å²) in [7, 11) is -3.74. The predicted octanol–water partition coefficient (Wildman–Crippen LogP) is 6.40. The van der Waals surface area contributed by atoms with Gasteiger partial charge in [0.25, 0.3) is 0 Å². The number of carbonyl (C=O) groups is 2. The molecule has 0 aliphatic rings. The highest BCUT2D eigenvalue weighted by Crippen LogP contribution is 2.49. The van der Waals surface area contributed by atoms with Gasteiger partial charge in [-0.05, 0) is 75.2 Å². The zero-order valence-corrected chi connectivity index (χ0v) is 22.8. The lowest BCUT2D eigenvalue weighted by Gasteiger charge is -2.23. The summed E-state index contributed by atoms with van der Waals surface area (Å²) in [5, 5.41) is 15.9. The Labute approximate surface area is 222 Å². The number of hydrogen-bond donors (Lipinski definition) is 3. The molecule has 1 unspecified atom stereocenters. The largest absolute Gasteiger partial charge is 0.478 e. The molecule has 0 saturated heterocycles. The molecule has 10 heteroatoms. The van der Waals surface area contributed by atoms with Gasteiger partial charge in [-0.15, -0.1) is 0 Å².